The number of primary amides is 1. The molecule has 0 aliphatic heterocycles. The molecule has 0 saturated heterocycles. The van der Waals surface area contributed by atoms with Crippen LogP contribution in [0.15, 0.2) is 29.3 Å². The fourth-order valence-electron chi connectivity index (χ4n) is 2.53. The largest absolute Gasteiger partial charge is 0.383 e. The van der Waals surface area contributed by atoms with Crippen molar-refractivity contribution >= 4 is 28.9 Å². The van der Waals surface area contributed by atoms with Crippen molar-refractivity contribution in [2.75, 3.05) is 18.1 Å². The van der Waals surface area contributed by atoms with Gasteiger partial charge in [-0.25, -0.2) is 13.8 Å². The number of nitrogens with two attached hydrogens (primary N) is 2. The standard InChI is InChI=1S/C18H21F2N5O/c1-9-4-5-11(7-12(9)14(23-3)8-15(19)20)24-18-13(17(22)26)6-10(2)16(21)25-18/h4-7,15H,8H2,1-3H3,(H2,22,26)(H3,21,24,25). The van der Waals surface area contributed by atoms with Crippen LogP contribution in [0, 0.1) is 13.8 Å². The number of nitrogens with zero attached hydrogens (tertiary/aromatic N) is 2. The highest BCUT2D eigenvalue weighted by Crippen LogP contribution is 2.25. The van der Waals surface area contributed by atoms with E-state index in [0.29, 0.717) is 22.5 Å². The van der Waals surface area contributed by atoms with Gasteiger partial charge in [0.1, 0.15) is 11.6 Å². The number of hydrogen-bond donors (Lipinski definition) is 3. The van der Waals surface area contributed by atoms with Crippen molar-refractivity contribution < 1.29 is 13.6 Å². The van der Waals surface area contributed by atoms with E-state index in [9.17, 15) is 13.6 Å². The van der Waals surface area contributed by atoms with Crippen molar-refractivity contribution in [2.24, 2.45) is 10.7 Å². The first-order valence-electron chi connectivity index (χ1n) is 7.91. The number of halogens is 2. The number of pyridine rings is 1. The van der Waals surface area contributed by atoms with Crippen molar-refractivity contribution in [3.63, 3.8) is 0 Å². The summed E-state index contributed by atoms with van der Waals surface area (Å²) in [6, 6.07) is 6.76. The van der Waals surface area contributed by atoms with Gasteiger partial charge in [-0.05, 0) is 43.2 Å². The van der Waals surface area contributed by atoms with Crippen LogP contribution in [0.3, 0.4) is 0 Å². The monoisotopic (exact) mass is 361 g/mol. The second kappa shape index (κ2) is 7.90. The molecule has 5 N–H and O–H groups in total. The average Bonchev–Trinajstić information content (AvgIpc) is 2.57. The number of nitrogens with one attached hydrogen (secondary N) is 1. The maximum atomic E-state index is 12.8. The number of aromatic nitrogens is 1. The van der Waals surface area contributed by atoms with Gasteiger partial charge in [0, 0.05) is 24.0 Å². The van der Waals surface area contributed by atoms with E-state index in [1.807, 2.05) is 6.92 Å². The van der Waals surface area contributed by atoms with Crippen LogP contribution in [0.2, 0.25) is 0 Å². The Morgan fingerprint density at radius 2 is 1.92 bits per heavy atom. The zero-order chi connectivity index (χ0) is 19.4. The van der Waals surface area contributed by atoms with Gasteiger partial charge in [-0.3, -0.25) is 9.79 Å². The molecule has 0 bridgehead atoms. The topological polar surface area (TPSA) is 106 Å². The normalized spacial score (nSPS) is 11.7. The van der Waals surface area contributed by atoms with Crippen LogP contribution < -0.4 is 16.8 Å². The first-order chi connectivity index (χ1) is 12.2. The van der Waals surface area contributed by atoms with Crippen molar-refractivity contribution in [1.82, 2.24) is 4.98 Å². The summed E-state index contributed by atoms with van der Waals surface area (Å²) < 4.78 is 25.6. The summed E-state index contributed by atoms with van der Waals surface area (Å²) >= 11 is 0. The van der Waals surface area contributed by atoms with Gasteiger partial charge < -0.3 is 16.8 Å². The number of rotatable bonds is 6. The fourth-order valence-corrected chi connectivity index (χ4v) is 2.53. The summed E-state index contributed by atoms with van der Waals surface area (Å²) in [5, 5.41) is 2.99. The number of aliphatic imine (C=N–C) groups is 1. The van der Waals surface area contributed by atoms with E-state index < -0.39 is 18.8 Å². The zero-order valence-corrected chi connectivity index (χ0v) is 14.8. The third-order valence-corrected chi connectivity index (χ3v) is 3.95. The molecule has 0 fully saturated rings. The second-order valence-electron chi connectivity index (χ2n) is 5.87. The molecule has 2 aromatic rings. The Labute approximate surface area is 150 Å². The fraction of sp³-hybridized carbons (Fsp3) is 0.278. The second-order valence-corrected chi connectivity index (χ2v) is 5.87. The molecule has 0 saturated carbocycles. The first kappa shape index (κ1) is 19.3. The summed E-state index contributed by atoms with van der Waals surface area (Å²) in [5.74, 6) is -0.179. The minimum absolute atomic E-state index is 0.191. The Morgan fingerprint density at radius 1 is 1.23 bits per heavy atom. The molecule has 1 aromatic heterocycles. The van der Waals surface area contributed by atoms with Gasteiger partial charge >= 0.3 is 0 Å². The van der Waals surface area contributed by atoms with Crippen molar-refractivity contribution in [3.8, 4) is 0 Å². The van der Waals surface area contributed by atoms with Crippen LogP contribution >= 0.6 is 0 Å². The Balaban J connectivity index is 2.44. The van der Waals surface area contributed by atoms with E-state index in [1.54, 1.807) is 31.2 Å². The SMILES string of the molecule is CN=C(CC(F)F)c1cc(Nc2nc(N)c(C)cc2C(N)=O)ccc1C. The molecule has 0 radical (unpaired) electrons. The van der Waals surface area contributed by atoms with Gasteiger partial charge in [0.25, 0.3) is 5.91 Å². The van der Waals surface area contributed by atoms with E-state index in [2.05, 4.69) is 15.3 Å². The third kappa shape index (κ3) is 4.33. The molecule has 0 spiro atoms. The Morgan fingerprint density at radius 3 is 2.50 bits per heavy atom. The number of amides is 1. The molecule has 0 unspecified atom stereocenters. The number of carbonyl (C=O) groups excluding carboxylic acids is 1. The molecule has 1 aromatic carbocycles. The van der Waals surface area contributed by atoms with Crippen molar-refractivity contribution in [2.45, 2.75) is 26.7 Å². The van der Waals surface area contributed by atoms with Crippen molar-refractivity contribution in [1.29, 1.82) is 0 Å². The predicted octanol–water partition coefficient (Wildman–Crippen LogP) is 3.20. The molecule has 6 nitrogen and oxygen atoms in total. The van der Waals surface area contributed by atoms with Gasteiger partial charge in [-0.2, -0.15) is 0 Å². The van der Waals surface area contributed by atoms with E-state index in [-0.39, 0.29) is 17.2 Å². The quantitative estimate of drug-likeness (QED) is 0.687. The minimum atomic E-state index is -2.50. The van der Waals surface area contributed by atoms with Crippen LogP contribution in [0.5, 0.6) is 0 Å². The number of nitrogen functional groups attached to an aromatic ring is 1. The Hall–Kier alpha value is -3.03. The number of hydrogen-bond acceptors (Lipinski definition) is 5. The predicted molar refractivity (Wildman–Crippen MR) is 99.4 cm³/mol. The molecular weight excluding hydrogens is 340 g/mol. The Bertz CT molecular complexity index is 865. The van der Waals surface area contributed by atoms with Crippen molar-refractivity contribution in [3.05, 3.63) is 46.5 Å². The molecule has 1 heterocycles. The molecule has 26 heavy (non-hydrogen) atoms. The number of anilines is 3. The number of alkyl halides is 2. The summed E-state index contributed by atoms with van der Waals surface area (Å²) in [7, 11) is 1.48. The van der Waals surface area contributed by atoms with Gasteiger partial charge in [-0.15, -0.1) is 0 Å². The maximum Gasteiger partial charge on any atom is 0.252 e. The van der Waals surface area contributed by atoms with E-state index in [0.717, 1.165) is 5.56 Å². The zero-order valence-electron chi connectivity index (χ0n) is 14.8. The summed E-state index contributed by atoms with van der Waals surface area (Å²) in [5.41, 5.74) is 14.3. The summed E-state index contributed by atoms with van der Waals surface area (Å²) in [6.45, 7) is 3.53. The molecular formula is C18H21F2N5O. The summed E-state index contributed by atoms with van der Waals surface area (Å²) in [6.07, 6.45) is -2.94. The van der Waals surface area contributed by atoms with Crippen LogP contribution in [0.25, 0.3) is 0 Å². The molecule has 1 amide bonds. The van der Waals surface area contributed by atoms with E-state index >= 15 is 0 Å². The Kier molecular flexibility index (Phi) is 5.86. The van der Waals surface area contributed by atoms with Crippen LogP contribution in [-0.2, 0) is 0 Å². The lowest BCUT2D eigenvalue weighted by molar-refractivity contribution is 0.100. The van der Waals surface area contributed by atoms with Crippen LogP contribution in [0.1, 0.15) is 33.5 Å². The number of aryl methyl sites for hydroxylation is 2. The number of carbonyl (C=O) groups is 1. The number of benzene rings is 1. The smallest absolute Gasteiger partial charge is 0.252 e. The lowest BCUT2D eigenvalue weighted by Gasteiger charge is -2.14. The van der Waals surface area contributed by atoms with Crippen LogP contribution in [-0.4, -0.2) is 30.1 Å². The average molecular weight is 361 g/mol. The molecule has 0 aliphatic rings. The van der Waals surface area contributed by atoms with Gasteiger partial charge in [0.2, 0.25) is 6.43 Å². The molecule has 8 heteroatoms. The van der Waals surface area contributed by atoms with E-state index in [4.69, 9.17) is 11.5 Å². The third-order valence-electron chi connectivity index (χ3n) is 3.95. The van der Waals surface area contributed by atoms with Gasteiger partial charge in [0.15, 0.2) is 0 Å². The summed E-state index contributed by atoms with van der Waals surface area (Å²) in [4.78, 5) is 19.8. The van der Waals surface area contributed by atoms with Crippen LogP contribution in [0.4, 0.5) is 26.1 Å². The minimum Gasteiger partial charge on any atom is -0.383 e. The van der Waals surface area contributed by atoms with Gasteiger partial charge in [-0.1, -0.05) is 6.07 Å². The van der Waals surface area contributed by atoms with E-state index in [1.165, 1.54) is 7.05 Å². The maximum absolute atomic E-state index is 12.8. The molecule has 0 atom stereocenters. The molecule has 2 rings (SSSR count). The highest BCUT2D eigenvalue weighted by atomic mass is 19.3. The lowest BCUT2D eigenvalue weighted by atomic mass is 10.0. The lowest BCUT2D eigenvalue weighted by Crippen LogP contribution is -2.16. The molecule has 138 valence electrons. The molecule has 0 aliphatic carbocycles. The highest BCUT2D eigenvalue weighted by molar-refractivity contribution is 6.03. The van der Waals surface area contributed by atoms with Gasteiger partial charge in [0.05, 0.1) is 12.0 Å². The highest BCUT2D eigenvalue weighted by Gasteiger charge is 2.16. The first-order valence-corrected chi connectivity index (χ1v) is 7.91.